The molecule has 5 heteroatoms. The molecule has 19 heavy (non-hydrogen) atoms. The highest BCUT2D eigenvalue weighted by molar-refractivity contribution is 6.34. The fourth-order valence-corrected chi connectivity index (χ4v) is 2.41. The highest BCUT2D eigenvalue weighted by Gasteiger charge is 2.14. The molecule has 2 N–H and O–H groups in total. The van der Waals surface area contributed by atoms with Crippen molar-refractivity contribution in [2.75, 3.05) is 25.6 Å². The van der Waals surface area contributed by atoms with Gasteiger partial charge < -0.3 is 15.4 Å². The van der Waals surface area contributed by atoms with Crippen LogP contribution in [-0.2, 0) is 4.74 Å². The van der Waals surface area contributed by atoms with Crippen molar-refractivity contribution < 1.29 is 9.53 Å². The summed E-state index contributed by atoms with van der Waals surface area (Å²) in [6, 6.07) is 5.84. The number of carbonyl (C=O) groups excluding carboxylic acids is 1. The highest BCUT2D eigenvalue weighted by atomic mass is 35.5. The first-order valence-electron chi connectivity index (χ1n) is 6.56. The van der Waals surface area contributed by atoms with Crippen LogP contribution in [-0.4, -0.2) is 32.2 Å². The van der Waals surface area contributed by atoms with Crippen molar-refractivity contribution in [2.45, 2.75) is 25.3 Å². The molecule has 0 aliphatic carbocycles. The summed E-state index contributed by atoms with van der Waals surface area (Å²) in [5.41, 5.74) is 1.42. The molecule has 0 aromatic heterocycles. The number of rotatable bonds is 3. The van der Waals surface area contributed by atoms with Crippen LogP contribution in [0.25, 0.3) is 0 Å². The molecule has 2 rings (SSSR count). The molecule has 0 bridgehead atoms. The fourth-order valence-electron chi connectivity index (χ4n) is 2.21. The van der Waals surface area contributed by atoms with Crippen molar-refractivity contribution in [1.29, 1.82) is 0 Å². The molecule has 1 aromatic rings. The summed E-state index contributed by atoms with van der Waals surface area (Å²) in [4.78, 5) is 11.7. The molecule has 1 fully saturated rings. The topological polar surface area (TPSA) is 50.4 Å². The Morgan fingerprint density at radius 3 is 3.00 bits per heavy atom. The summed E-state index contributed by atoms with van der Waals surface area (Å²) in [6.07, 6.45) is 3.13. The van der Waals surface area contributed by atoms with Crippen molar-refractivity contribution in [1.82, 2.24) is 5.32 Å². The first kappa shape index (κ1) is 14.2. The van der Waals surface area contributed by atoms with E-state index >= 15 is 0 Å². The van der Waals surface area contributed by atoms with Crippen LogP contribution < -0.4 is 10.6 Å². The number of anilines is 1. The van der Waals surface area contributed by atoms with Crippen molar-refractivity contribution in [2.24, 2.45) is 0 Å². The van der Waals surface area contributed by atoms with E-state index in [0.717, 1.165) is 38.2 Å². The molecule has 1 unspecified atom stereocenters. The quantitative estimate of drug-likeness (QED) is 0.896. The van der Waals surface area contributed by atoms with Crippen molar-refractivity contribution in [3.05, 3.63) is 28.8 Å². The van der Waals surface area contributed by atoms with Gasteiger partial charge in [-0.15, -0.1) is 0 Å². The minimum Gasteiger partial charge on any atom is -0.382 e. The van der Waals surface area contributed by atoms with Crippen LogP contribution in [0.15, 0.2) is 18.2 Å². The second-order valence-corrected chi connectivity index (χ2v) is 5.07. The molecule has 1 aliphatic heterocycles. The Hall–Kier alpha value is -1.26. The minimum absolute atomic E-state index is 0.169. The number of benzene rings is 1. The number of carbonyl (C=O) groups is 1. The Balaban J connectivity index is 2.09. The highest BCUT2D eigenvalue weighted by Crippen LogP contribution is 2.22. The van der Waals surface area contributed by atoms with Gasteiger partial charge in [0.2, 0.25) is 0 Å². The zero-order valence-electron chi connectivity index (χ0n) is 11.0. The van der Waals surface area contributed by atoms with Crippen molar-refractivity contribution in [3.8, 4) is 0 Å². The molecule has 0 spiro atoms. The lowest BCUT2D eigenvalue weighted by atomic mass is 10.1. The minimum atomic E-state index is -0.169. The van der Waals surface area contributed by atoms with Crippen LogP contribution in [0.4, 0.5) is 5.69 Å². The number of halogens is 1. The molecular formula is C14H19ClN2O2. The zero-order valence-corrected chi connectivity index (χ0v) is 11.8. The Kier molecular flexibility index (Phi) is 5.05. The molecule has 0 radical (unpaired) electrons. The van der Waals surface area contributed by atoms with E-state index in [4.69, 9.17) is 16.3 Å². The normalized spacial score (nSPS) is 19.6. The molecule has 0 saturated carbocycles. The van der Waals surface area contributed by atoms with Gasteiger partial charge in [0.1, 0.15) is 0 Å². The van der Waals surface area contributed by atoms with Gasteiger partial charge in [-0.05, 0) is 37.5 Å². The van der Waals surface area contributed by atoms with Crippen molar-refractivity contribution >= 4 is 23.2 Å². The molecule has 104 valence electrons. The third-order valence-corrected chi connectivity index (χ3v) is 3.59. The average Bonchev–Trinajstić information content (AvgIpc) is 2.68. The fraction of sp³-hybridized carbons (Fsp3) is 0.500. The Labute approximate surface area is 118 Å². The Morgan fingerprint density at radius 2 is 2.21 bits per heavy atom. The molecular weight excluding hydrogens is 264 g/mol. The van der Waals surface area contributed by atoms with Gasteiger partial charge in [0.15, 0.2) is 0 Å². The van der Waals surface area contributed by atoms with Gasteiger partial charge in [0, 0.05) is 32.0 Å². The van der Waals surface area contributed by atoms with Crippen LogP contribution in [0, 0.1) is 0 Å². The predicted molar refractivity (Wildman–Crippen MR) is 76.9 cm³/mol. The van der Waals surface area contributed by atoms with Gasteiger partial charge in [-0.2, -0.15) is 0 Å². The van der Waals surface area contributed by atoms with E-state index in [1.165, 1.54) is 0 Å². The Morgan fingerprint density at radius 1 is 1.37 bits per heavy atom. The Bertz CT molecular complexity index is 443. The lowest BCUT2D eigenvalue weighted by molar-refractivity contribution is 0.0963. The number of hydrogen-bond donors (Lipinski definition) is 2. The maximum atomic E-state index is 11.7. The van der Waals surface area contributed by atoms with Gasteiger partial charge in [0.05, 0.1) is 10.6 Å². The van der Waals surface area contributed by atoms with Gasteiger partial charge in [-0.3, -0.25) is 4.79 Å². The second kappa shape index (κ2) is 6.78. The van der Waals surface area contributed by atoms with E-state index in [2.05, 4.69) is 10.6 Å². The monoisotopic (exact) mass is 282 g/mol. The summed E-state index contributed by atoms with van der Waals surface area (Å²) in [5, 5.41) is 6.51. The maximum absolute atomic E-state index is 11.7. The van der Waals surface area contributed by atoms with Gasteiger partial charge in [-0.25, -0.2) is 0 Å². The first-order chi connectivity index (χ1) is 9.20. The van der Waals surface area contributed by atoms with E-state index < -0.39 is 0 Å². The molecule has 1 atom stereocenters. The van der Waals surface area contributed by atoms with E-state index in [1.807, 2.05) is 6.07 Å². The van der Waals surface area contributed by atoms with Gasteiger partial charge >= 0.3 is 0 Å². The SMILES string of the molecule is CNC(=O)c1cc(NC2CCCOCC2)ccc1Cl. The van der Waals surface area contributed by atoms with E-state index in [9.17, 15) is 4.79 Å². The predicted octanol–water partition coefficient (Wildman–Crippen LogP) is 2.68. The zero-order chi connectivity index (χ0) is 13.7. The van der Waals surface area contributed by atoms with Crippen LogP contribution in [0.2, 0.25) is 5.02 Å². The molecule has 4 nitrogen and oxygen atoms in total. The third kappa shape index (κ3) is 3.85. The summed E-state index contributed by atoms with van der Waals surface area (Å²) < 4.78 is 5.44. The van der Waals surface area contributed by atoms with Crippen LogP contribution in [0.5, 0.6) is 0 Å². The third-order valence-electron chi connectivity index (χ3n) is 3.26. The number of ether oxygens (including phenoxy) is 1. The van der Waals surface area contributed by atoms with Crippen LogP contribution in [0.1, 0.15) is 29.6 Å². The van der Waals surface area contributed by atoms with Crippen LogP contribution in [0.3, 0.4) is 0 Å². The number of amides is 1. The summed E-state index contributed by atoms with van der Waals surface area (Å²) in [6.45, 7) is 1.62. The number of nitrogens with one attached hydrogen (secondary N) is 2. The molecule has 1 saturated heterocycles. The molecule has 1 aromatic carbocycles. The van der Waals surface area contributed by atoms with Crippen LogP contribution >= 0.6 is 11.6 Å². The second-order valence-electron chi connectivity index (χ2n) is 4.66. The molecule has 1 amide bonds. The van der Waals surface area contributed by atoms with E-state index in [0.29, 0.717) is 16.6 Å². The molecule has 1 heterocycles. The maximum Gasteiger partial charge on any atom is 0.252 e. The summed E-state index contributed by atoms with van der Waals surface area (Å²) >= 11 is 6.03. The average molecular weight is 283 g/mol. The molecule has 1 aliphatic rings. The van der Waals surface area contributed by atoms with Crippen molar-refractivity contribution in [3.63, 3.8) is 0 Å². The summed E-state index contributed by atoms with van der Waals surface area (Å²) in [7, 11) is 1.60. The lowest BCUT2D eigenvalue weighted by Gasteiger charge is -2.18. The van der Waals surface area contributed by atoms with Gasteiger partial charge in [-0.1, -0.05) is 11.6 Å². The number of hydrogen-bond acceptors (Lipinski definition) is 3. The largest absolute Gasteiger partial charge is 0.382 e. The standard InChI is InChI=1S/C14H19ClN2O2/c1-16-14(18)12-9-11(4-5-13(12)15)17-10-3-2-7-19-8-6-10/h4-5,9-10,17H,2-3,6-8H2,1H3,(H,16,18). The first-order valence-corrected chi connectivity index (χ1v) is 6.94. The smallest absolute Gasteiger partial charge is 0.252 e. The lowest BCUT2D eigenvalue weighted by Crippen LogP contribution is -2.21. The van der Waals surface area contributed by atoms with E-state index in [-0.39, 0.29) is 5.91 Å². The van der Waals surface area contributed by atoms with Gasteiger partial charge in [0.25, 0.3) is 5.91 Å². The van der Waals surface area contributed by atoms with E-state index in [1.54, 1.807) is 19.2 Å². The summed E-state index contributed by atoms with van der Waals surface area (Å²) in [5.74, 6) is -0.169.